The summed E-state index contributed by atoms with van der Waals surface area (Å²) in [7, 11) is 0. The molecule has 14 heteroatoms. The van der Waals surface area contributed by atoms with Crippen LogP contribution in [0, 0.1) is 11.3 Å². The van der Waals surface area contributed by atoms with Crippen LogP contribution in [-0.4, -0.2) is 60.6 Å². The third kappa shape index (κ3) is 3.85. The summed E-state index contributed by atoms with van der Waals surface area (Å²) in [5.74, 6) is -1.80. The molecule has 2 aliphatic rings. The van der Waals surface area contributed by atoms with E-state index >= 15 is 0 Å². The Labute approximate surface area is 220 Å². The fourth-order valence-corrected chi connectivity index (χ4v) is 5.89. The number of aliphatic hydroxyl groups is 2. The topological polar surface area (TPSA) is 148 Å². The molecule has 198 valence electrons. The first-order valence-corrected chi connectivity index (χ1v) is 12.3. The summed E-state index contributed by atoms with van der Waals surface area (Å²) in [4.78, 5) is 23.8. The van der Waals surface area contributed by atoms with Crippen LogP contribution in [0.3, 0.4) is 0 Å². The van der Waals surface area contributed by atoms with Crippen LogP contribution in [0.1, 0.15) is 12.5 Å². The zero-order valence-corrected chi connectivity index (χ0v) is 20.9. The number of nitrogen functional groups attached to an aromatic ring is 1. The summed E-state index contributed by atoms with van der Waals surface area (Å²) >= 11 is 3.13. The molecule has 38 heavy (non-hydrogen) atoms. The molecular weight excluding hydrogens is 573 g/mol. The van der Waals surface area contributed by atoms with Crippen molar-refractivity contribution in [1.82, 2.24) is 19.5 Å². The highest BCUT2D eigenvalue weighted by Crippen LogP contribution is 2.67. The Morgan fingerprint density at radius 3 is 2.82 bits per heavy atom. The number of carbonyl (C=O) groups is 1. The van der Waals surface area contributed by atoms with Gasteiger partial charge in [-0.25, -0.2) is 15.0 Å². The first-order chi connectivity index (χ1) is 18.0. The fourth-order valence-electron chi connectivity index (χ4n) is 5.45. The number of hydrogen-bond donors (Lipinski definition) is 4. The lowest BCUT2D eigenvalue weighted by atomic mass is 10.0. The van der Waals surface area contributed by atoms with E-state index < -0.39 is 35.7 Å². The highest BCUT2D eigenvalue weighted by atomic mass is 79.9. The van der Waals surface area contributed by atoms with Gasteiger partial charge >= 0.3 is 12.1 Å². The number of carbonyl (C=O) groups excluding carboxylic acids is 1. The van der Waals surface area contributed by atoms with Crippen molar-refractivity contribution in [2.75, 3.05) is 17.7 Å². The summed E-state index contributed by atoms with van der Waals surface area (Å²) in [6, 6.07) is 7.76. The van der Waals surface area contributed by atoms with E-state index in [0.29, 0.717) is 39.9 Å². The lowest BCUT2D eigenvalue weighted by Gasteiger charge is -2.24. The number of amides is 1. The van der Waals surface area contributed by atoms with Crippen LogP contribution in [0.4, 0.5) is 24.8 Å². The van der Waals surface area contributed by atoms with Crippen molar-refractivity contribution in [3.63, 3.8) is 0 Å². The van der Waals surface area contributed by atoms with Gasteiger partial charge in [0.2, 0.25) is 0 Å². The zero-order valence-electron chi connectivity index (χ0n) is 19.4. The van der Waals surface area contributed by atoms with Gasteiger partial charge in [-0.05, 0) is 52.5 Å². The largest absolute Gasteiger partial charge is 0.493 e. The number of fused-ring (bicyclic) bond motifs is 3. The molecule has 3 heterocycles. The Balaban J connectivity index is 1.22. The number of hydrogen-bond acceptors (Lipinski definition) is 8. The Kier molecular flexibility index (Phi) is 5.56. The number of alkyl halides is 3. The summed E-state index contributed by atoms with van der Waals surface area (Å²) < 4.78 is 46.0. The quantitative estimate of drug-likeness (QED) is 0.276. The summed E-state index contributed by atoms with van der Waals surface area (Å²) in [5, 5.41) is 24.9. The molecule has 0 radical (unpaired) electrons. The van der Waals surface area contributed by atoms with Gasteiger partial charge in [-0.15, -0.1) is 0 Å². The molecule has 5 N–H and O–H groups in total. The van der Waals surface area contributed by atoms with Crippen LogP contribution in [0.2, 0.25) is 0 Å². The first-order valence-electron chi connectivity index (χ1n) is 11.5. The number of halogens is 4. The predicted molar refractivity (Wildman–Crippen MR) is 133 cm³/mol. The summed E-state index contributed by atoms with van der Waals surface area (Å²) in [6.45, 7) is 0.0996. The van der Waals surface area contributed by atoms with E-state index in [2.05, 4.69) is 30.9 Å². The Morgan fingerprint density at radius 1 is 1.26 bits per heavy atom. The Bertz CT molecular complexity index is 1600. The van der Waals surface area contributed by atoms with Crippen LogP contribution >= 0.6 is 15.9 Å². The van der Waals surface area contributed by atoms with Crippen molar-refractivity contribution in [1.29, 1.82) is 0 Å². The predicted octanol–water partition coefficient (Wildman–Crippen LogP) is 3.19. The number of nitrogens with zero attached hydrogens (tertiary/aromatic N) is 4. The van der Waals surface area contributed by atoms with Crippen LogP contribution in [-0.2, 0) is 4.79 Å². The molecule has 1 amide bonds. The van der Waals surface area contributed by atoms with Crippen molar-refractivity contribution in [3.8, 4) is 5.75 Å². The van der Waals surface area contributed by atoms with E-state index in [1.54, 1.807) is 29.7 Å². The van der Waals surface area contributed by atoms with Crippen LogP contribution in [0.15, 0.2) is 47.3 Å². The molecule has 4 aromatic rings. The molecule has 2 saturated carbocycles. The van der Waals surface area contributed by atoms with Crippen LogP contribution in [0.25, 0.3) is 21.9 Å². The number of rotatable bonds is 5. The average Bonchev–Trinajstić information content (AvgIpc) is 3.36. The van der Waals surface area contributed by atoms with E-state index in [1.165, 1.54) is 18.5 Å². The first kappa shape index (κ1) is 24.8. The Hall–Kier alpha value is -3.49. The number of aromatic nitrogens is 4. The maximum absolute atomic E-state index is 12.7. The standard InChI is InChI=1S/C24H20BrF3N6O4/c25-14-5-10-1-2-11(6-15(10)32-20(14)33-22(37)24(26,27)28)38-8-23-7-13(23)16(17(35)18(23)36)34-4-3-12-19(29)30-9-31-21(12)34/h1-6,9,13,16-18,35-36H,7-8H2,(H2,29,30,31)(H,32,33,37)/t13-,16-,17+,18+,23+/m1/s1. The molecule has 3 aromatic heterocycles. The Morgan fingerprint density at radius 2 is 2.05 bits per heavy atom. The molecule has 1 aromatic carbocycles. The highest BCUT2D eigenvalue weighted by Gasteiger charge is 2.72. The van der Waals surface area contributed by atoms with Crippen molar-refractivity contribution >= 4 is 55.4 Å². The van der Waals surface area contributed by atoms with Crippen molar-refractivity contribution in [2.45, 2.75) is 30.8 Å². The number of anilines is 2. The zero-order chi connectivity index (χ0) is 27.0. The summed E-state index contributed by atoms with van der Waals surface area (Å²) in [6.07, 6.45) is -3.43. The molecule has 0 bridgehead atoms. The third-order valence-electron chi connectivity index (χ3n) is 7.45. The van der Waals surface area contributed by atoms with Gasteiger partial charge < -0.3 is 30.6 Å². The van der Waals surface area contributed by atoms with Gasteiger partial charge in [0.15, 0.2) is 0 Å². The SMILES string of the molecule is Nc1ncnc2c1ccn2[C@H]1[C@H](O)[C@H](O)[C@]2(COc3ccc4cc(Br)c(NC(=O)C(F)(F)F)nc4c3)C[C@H]12. The van der Waals surface area contributed by atoms with Gasteiger partial charge in [-0.3, -0.25) is 4.79 Å². The molecule has 0 aliphatic heterocycles. The monoisotopic (exact) mass is 592 g/mol. The number of ether oxygens (including phenoxy) is 1. The van der Waals surface area contributed by atoms with Gasteiger partial charge in [0.25, 0.3) is 0 Å². The minimum Gasteiger partial charge on any atom is -0.493 e. The second kappa shape index (κ2) is 8.51. The van der Waals surface area contributed by atoms with Gasteiger partial charge in [-0.2, -0.15) is 13.2 Å². The molecule has 10 nitrogen and oxygen atoms in total. The van der Waals surface area contributed by atoms with E-state index in [1.807, 2.05) is 4.57 Å². The third-order valence-corrected chi connectivity index (χ3v) is 8.06. The number of pyridine rings is 1. The van der Waals surface area contributed by atoms with Gasteiger partial charge in [0, 0.05) is 23.1 Å². The van der Waals surface area contributed by atoms with E-state index in [-0.39, 0.29) is 22.8 Å². The second-order valence-electron chi connectivity index (χ2n) is 9.60. The minimum absolute atomic E-state index is 0.0852. The van der Waals surface area contributed by atoms with Gasteiger partial charge in [0.05, 0.1) is 34.1 Å². The molecule has 2 fully saturated rings. The maximum atomic E-state index is 12.7. The molecule has 6 rings (SSSR count). The second-order valence-corrected chi connectivity index (χ2v) is 10.5. The minimum atomic E-state index is -5.06. The highest BCUT2D eigenvalue weighted by molar-refractivity contribution is 9.10. The molecule has 0 spiro atoms. The van der Waals surface area contributed by atoms with Crippen molar-refractivity contribution in [2.24, 2.45) is 11.3 Å². The van der Waals surface area contributed by atoms with Crippen LogP contribution in [0.5, 0.6) is 5.75 Å². The smallest absolute Gasteiger partial charge is 0.471 e. The van der Waals surface area contributed by atoms with Gasteiger partial charge in [0.1, 0.15) is 35.5 Å². The molecule has 5 atom stereocenters. The average molecular weight is 593 g/mol. The van der Waals surface area contributed by atoms with Crippen molar-refractivity contribution in [3.05, 3.63) is 47.3 Å². The number of aliphatic hydroxyl groups excluding tert-OH is 2. The maximum Gasteiger partial charge on any atom is 0.471 e. The number of nitrogens with one attached hydrogen (secondary N) is 1. The van der Waals surface area contributed by atoms with E-state index in [9.17, 15) is 28.2 Å². The van der Waals surface area contributed by atoms with E-state index in [0.717, 1.165) is 0 Å². The van der Waals surface area contributed by atoms with E-state index in [4.69, 9.17) is 10.5 Å². The molecule has 2 aliphatic carbocycles. The van der Waals surface area contributed by atoms with Gasteiger partial charge in [-0.1, -0.05) is 0 Å². The number of nitrogens with two attached hydrogens (primary N) is 1. The lowest BCUT2D eigenvalue weighted by molar-refractivity contribution is -0.167. The van der Waals surface area contributed by atoms with Crippen LogP contribution < -0.4 is 15.8 Å². The van der Waals surface area contributed by atoms with Crippen molar-refractivity contribution < 1.29 is 32.9 Å². The number of benzene rings is 1. The molecular formula is C24H20BrF3N6O4. The molecule has 0 saturated heterocycles. The molecule has 0 unspecified atom stereocenters. The normalized spacial score (nSPS) is 26.5. The lowest BCUT2D eigenvalue weighted by Crippen LogP contribution is -2.36. The summed E-state index contributed by atoms with van der Waals surface area (Å²) in [5.41, 5.74) is 6.12. The fraction of sp³-hybridized carbons (Fsp3) is 0.333.